The van der Waals surface area contributed by atoms with Crippen LogP contribution in [0.2, 0.25) is 0 Å². The molecule has 3 fully saturated rings. The van der Waals surface area contributed by atoms with E-state index in [4.69, 9.17) is 0 Å². The highest BCUT2D eigenvalue weighted by atomic mass is 16.1. The number of hydrogen-bond donors (Lipinski definition) is 1. The first-order valence-electron chi connectivity index (χ1n) is 8.76. The van der Waals surface area contributed by atoms with Crippen molar-refractivity contribution in [2.75, 3.05) is 19.6 Å². The first kappa shape index (κ1) is 14.5. The summed E-state index contributed by atoms with van der Waals surface area (Å²) in [4.78, 5) is 15.5. The minimum absolute atomic E-state index is 0.258. The lowest BCUT2D eigenvalue weighted by Gasteiger charge is -2.37. The molecular formula is C17H30N2O. The van der Waals surface area contributed by atoms with Gasteiger partial charge < -0.3 is 5.32 Å². The van der Waals surface area contributed by atoms with Crippen molar-refractivity contribution in [3.05, 3.63) is 0 Å². The number of Topliss-reactive ketones (excluding diaryl/α,β-unsaturated/α-hetero) is 1. The van der Waals surface area contributed by atoms with Crippen LogP contribution in [0.4, 0.5) is 0 Å². The molecule has 3 nitrogen and oxygen atoms in total. The zero-order valence-corrected chi connectivity index (χ0v) is 12.9. The molecule has 1 N–H and O–H groups in total. The van der Waals surface area contributed by atoms with E-state index in [1.165, 1.54) is 32.1 Å². The van der Waals surface area contributed by atoms with E-state index in [0.717, 1.165) is 44.8 Å². The third kappa shape index (κ3) is 3.09. The van der Waals surface area contributed by atoms with Gasteiger partial charge in [0, 0.05) is 12.0 Å². The van der Waals surface area contributed by atoms with Gasteiger partial charge in [-0.25, -0.2) is 0 Å². The molecule has 3 aliphatic rings. The van der Waals surface area contributed by atoms with Gasteiger partial charge in [-0.05, 0) is 64.1 Å². The Morgan fingerprint density at radius 3 is 2.60 bits per heavy atom. The van der Waals surface area contributed by atoms with E-state index in [1.807, 2.05) is 0 Å². The van der Waals surface area contributed by atoms with Crippen LogP contribution in [0.15, 0.2) is 0 Å². The van der Waals surface area contributed by atoms with Crippen molar-refractivity contribution in [2.24, 2.45) is 11.8 Å². The zero-order valence-electron chi connectivity index (χ0n) is 12.9. The molecule has 0 spiro atoms. The van der Waals surface area contributed by atoms with E-state index in [2.05, 4.69) is 17.1 Å². The van der Waals surface area contributed by atoms with Gasteiger partial charge in [0.25, 0.3) is 0 Å². The fraction of sp³-hybridized carbons (Fsp3) is 0.941. The van der Waals surface area contributed by atoms with E-state index in [0.29, 0.717) is 17.7 Å². The molecule has 0 radical (unpaired) electrons. The molecule has 0 amide bonds. The normalized spacial score (nSPS) is 37.1. The molecule has 0 aromatic rings. The summed E-state index contributed by atoms with van der Waals surface area (Å²) in [7, 11) is 0. The first-order valence-corrected chi connectivity index (χ1v) is 8.76. The summed E-state index contributed by atoms with van der Waals surface area (Å²) in [5.41, 5.74) is 0. The van der Waals surface area contributed by atoms with Gasteiger partial charge in [-0.3, -0.25) is 9.69 Å². The quantitative estimate of drug-likeness (QED) is 0.861. The van der Waals surface area contributed by atoms with E-state index in [9.17, 15) is 4.79 Å². The summed E-state index contributed by atoms with van der Waals surface area (Å²) < 4.78 is 0. The van der Waals surface area contributed by atoms with E-state index in [-0.39, 0.29) is 6.04 Å². The Labute approximate surface area is 123 Å². The lowest BCUT2D eigenvalue weighted by Crippen LogP contribution is -2.49. The van der Waals surface area contributed by atoms with Crippen molar-refractivity contribution >= 4 is 5.78 Å². The number of hydrogen-bond acceptors (Lipinski definition) is 3. The fourth-order valence-electron chi connectivity index (χ4n) is 4.63. The summed E-state index contributed by atoms with van der Waals surface area (Å²) in [6, 6.07) is 0.919. The van der Waals surface area contributed by atoms with Crippen LogP contribution >= 0.6 is 0 Å². The van der Waals surface area contributed by atoms with Crippen LogP contribution in [0.5, 0.6) is 0 Å². The number of rotatable bonds is 3. The Hall–Kier alpha value is -0.410. The highest BCUT2D eigenvalue weighted by Gasteiger charge is 2.39. The lowest BCUT2D eigenvalue weighted by atomic mass is 9.78. The summed E-state index contributed by atoms with van der Waals surface area (Å²) in [5, 5.41) is 3.44. The number of nitrogens with zero attached hydrogens (tertiary/aromatic N) is 1. The van der Waals surface area contributed by atoms with Crippen molar-refractivity contribution < 1.29 is 4.79 Å². The van der Waals surface area contributed by atoms with Crippen LogP contribution in [0.25, 0.3) is 0 Å². The molecule has 3 heteroatoms. The second kappa shape index (κ2) is 6.57. The van der Waals surface area contributed by atoms with Crippen LogP contribution in [0, 0.1) is 11.8 Å². The molecule has 2 aliphatic heterocycles. The molecule has 2 saturated heterocycles. The van der Waals surface area contributed by atoms with Crippen molar-refractivity contribution in [1.29, 1.82) is 0 Å². The Morgan fingerprint density at radius 2 is 1.85 bits per heavy atom. The summed E-state index contributed by atoms with van der Waals surface area (Å²) in [6.07, 6.45) is 9.69. The smallest absolute Gasteiger partial charge is 0.153 e. The van der Waals surface area contributed by atoms with Crippen molar-refractivity contribution in [1.82, 2.24) is 10.2 Å². The monoisotopic (exact) mass is 278 g/mol. The minimum atomic E-state index is 0.258. The molecule has 3 unspecified atom stereocenters. The number of carbonyl (C=O) groups is 1. The minimum Gasteiger partial charge on any atom is -0.317 e. The van der Waals surface area contributed by atoms with E-state index >= 15 is 0 Å². The predicted molar refractivity (Wildman–Crippen MR) is 81.7 cm³/mol. The molecule has 0 bridgehead atoms. The third-order valence-corrected chi connectivity index (χ3v) is 5.74. The molecule has 0 aromatic heterocycles. The first-order chi connectivity index (χ1) is 9.75. The second-order valence-corrected chi connectivity index (χ2v) is 7.25. The van der Waals surface area contributed by atoms with Crippen LogP contribution in [-0.4, -0.2) is 42.4 Å². The van der Waals surface area contributed by atoms with Gasteiger partial charge in [0.05, 0.1) is 6.04 Å². The standard InChI is InChI=1S/C17H30N2O/c1-13-4-2-5-14(12-13)17(20)16-6-3-11-19(16)15-7-9-18-10-8-15/h13-16,18H,2-12H2,1H3. The number of carbonyl (C=O) groups excluding carboxylic acids is 1. The summed E-state index contributed by atoms with van der Waals surface area (Å²) >= 11 is 0. The van der Waals surface area contributed by atoms with Gasteiger partial charge >= 0.3 is 0 Å². The largest absolute Gasteiger partial charge is 0.317 e. The topological polar surface area (TPSA) is 32.3 Å². The summed E-state index contributed by atoms with van der Waals surface area (Å²) in [5.74, 6) is 1.71. The number of nitrogens with one attached hydrogen (secondary N) is 1. The maximum Gasteiger partial charge on any atom is 0.153 e. The molecule has 2 heterocycles. The van der Waals surface area contributed by atoms with Crippen LogP contribution in [0.3, 0.4) is 0 Å². The number of ketones is 1. The van der Waals surface area contributed by atoms with E-state index in [1.54, 1.807) is 0 Å². The summed E-state index contributed by atoms with van der Waals surface area (Å²) in [6.45, 7) is 5.73. The highest BCUT2D eigenvalue weighted by molar-refractivity contribution is 5.86. The van der Waals surface area contributed by atoms with Gasteiger partial charge in [-0.1, -0.05) is 19.8 Å². The average molecular weight is 278 g/mol. The Kier molecular flexibility index (Phi) is 4.77. The number of piperidine rings is 1. The maximum atomic E-state index is 12.9. The molecule has 3 rings (SSSR count). The van der Waals surface area contributed by atoms with Crippen molar-refractivity contribution in [3.63, 3.8) is 0 Å². The van der Waals surface area contributed by atoms with Gasteiger partial charge in [-0.2, -0.15) is 0 Å². The third-order valence-electron chi connectivity index (χ3n) is 5.74. The van der Waals surface area contributed by atoms with Crippen molar-refractivity contribution in [3.8, 4) is 0 Å². The van der Waals surface area contributed by atoms with E-state index < -0.39 is 0 Å². The van der Waals surface area contributed by atoms with Crippen LogP contribution in [0.1, 0.15) is 58.3 Å². The Morgan fingerprint density at radius 1 is 1.05 bits per heavy atom. The van der Waals surface area contributed by atoms with Crippen LogP contribution < -0.4 is 5.32 Å². The van der Waals surface area contributed by atoms with Gasteiger partial charge in [-0.15, -0.1) is 0 Å². The Balaban J connectivity index is 1.63. The number of likely N-dealkylation sites (tertiary alicyclic amines) is 1. The van der Waals surface area contributed by atoms with Gasteiger partial charge in [0.15, 0.2) is 5.78 Å². The predicted octanol–water partition coefficient (Wildman–Crippen LogP) is 2.60. The van der Waals surface area contributed by atoms with Gasteiger partial charge in [0.2, 0.25) is 0 Å². The molecule has 20 heavy (non-hydrogen) atoms. The fourth-order valence-corrected chi connectivity index (χ4v) is 4.63. The van der Waals surface area contributed by atoms with Crippen molar-refractivity contribution in [2.45, 2.75) is 70.4 Å². The molecular weight excluding hydrogens is 248 g/mol. The Bertz CT molecular complexity index is 338. The molecule has 3 atom stereocenters. The lowest BCUT2D eigenvalue weighted by molar-refractivity contribution is -0.129. The molecule has 0 aromatic carbocycles. The second-order valence-electron chi connectivity index (χ2n) is 7.25. The van der Waals surface area contributed by atoms with Gasteiger partial charge in [0.1, 0.15) is 0 Å². The highest BCUT2D eigenvalue weighted by Crippen LogP contribution is 2.34. The molecule has 114 valence electrons. The molecule has 1 saturated carbocycles. The molecule has 1 aliphatic carbocycles. The average Bonchev–Trinajstić information content (AvgIpc) is 2.97. The zero-order chi connectivity index (χ0) is 13.9. The maximum absolute atomic E-state index is 12.9. The SMILES string of the molecule is CC1CCCC(C(=O)C2CCCN2C2CCNCC2)C1. The van der Waals surface area contributed by atoms with Crippen LogP contribution in [-0.2, 0) is 4.79 Å².